The number of hydrogen-bond acceptors (Lipinski definition) is 4. The number of ether oxygens (including phenoxy) is 1. The molecule has 0 aliphatic heterocycles. The number of aromatic carboxylic acids is 1. The van der Waals surface area contributed by atoms with E-state index in [1.165, 1.54) is 17.7 Å². The smallest absolute Gasteiger partial charge is 0.492 e. The first-order chi connectivity index (χ1) is 9.94. The van der Waals surface area contributed by atoms with Gasteiger partial charge in [0.05, 0.1) is 16.6 Å². The molecule has 0 radical (unpaired) electrons. The molecular formula is C11H11ClF3NO5S. The second-order valence-corrected chi connectivity index (χ2v) is 6.34. The summed E-state index contributed by atoms with van der Waals surface area (Å²) < 4.78 is 64.7. The molecule has 0 saturated heterocycles. The fourth-order valence-electron chi connectivity index (χ4n) is 1.35. The van der Waals surface area contributed by atoms with Gasteiger partial charge in [-0.2, -0.15) is 13.2 Å². The van der Waals surface area contributed by atoms with E-state index in [1.807, 2.05) is 0 Å². The van der Waals surface area contributed by atoms with Crippen molar-refractivity contribution in [2.45, 2.75) is 18.5 Å². The zero-order chi connectivity index (χ0) is 17.1. The van der Waals surface area contributed by atoms with Crippen LogP contribution in [0.5, 0.6) is 5.75 Å². The first-order valence-corrected chi connectivity index (χ1v) is 7.54. The maximum atomic E-state index is 12.2. The van der Waals surface area contributed by atoms with E-state index in [0.29, 0.717) is 0 Å². The summed E-state index contributed by atoms with van der Waals surface area (Å²) in [6, 6.07) is 2.41. The van der Waals surface area contributed by atoms with E-state index in [-0.39, 0.29) is 16.3 Å². The van der Waals surface area contributed by atoms with E-state index >= 15 is 0 Å². The van der Waals surface area contributed by atoms with Crippen LogP contribution in [0, 0.1) is 0 Å². The van der Waals surface area contributed by atoms with Gasteiger partial charge in [-0.15, -0.1) is 0 Å². The second kappa shape index (κ2) is 6.71. The van der Waals surface area contributed by atoms with Crippen molar-refractivity contribution in [1.29, 1.82) is 0 Å². The van der Waals surface area contributed by atoms with E-state index in [0.717, 1.165) is 12.1 Å². The van der Waals surface area contributed by atoms with Crippen LogP contribution in [0.3, 0.4) is 0 Å². The Hall–Kier alpha value is -1.52. The summed E-state index contributed by atoms with van der Waals surface area (Å²) in [6.07, 6.45) is 0. The molecule has 1 atom stereocenters. The summed E-state index contributed by atoms with van der Waals surface area (Å²) in [4.78, 5) is 10.7. The highest BCUT2D eigenvalue weighted by atomic mass is 35.5. The average molecular weight is 362 g/mol. The van der Waals surface area contributed by atoms with Gasteiger partial charge in [0.25, 0.3) is 0 Å². The summed E-state index contributed by atoms with van der Waals surface area (Å²) in [6.45, 7) is 0.772. The highest BCUT2D eigenvalue weighted by molar-refractivity contribution is 7.90. The van der Waals surface area contributed by atoms with Crippen LogP contribution in [0.2, 0.25) is 5.02 Å². The number of hydrogen-bond donors (Lipinski definition) is 2. The van der Waals surface area contributed by atoms with Crippen molar-refractivity contribution in [2.75, 3.05) is 6.61 Å². The van der Waals surface area contributed by atoms with Gasteiger partial charge in [-0.05, 0) is 25.1 Å². The Balaban J connectivity index is 2.67. The van der Waals surface area contributed by atoms with Crippen LogP contribution in [0.1, 0.15) is 17.3 Å². The number of carbonyl (C=O) groups is 1. The summed E-state index contributed by atoms with van der Waals surface area (Å²) >= 11 is 5.68. The van der Waals surface area contributed by atoms with Gasteiger partial charge >= 0.3 is 21.5 Å². The van der Waals surface area contributed by atoms with Crippen LogP contribution in [0.4, 0.5) is 13.2 Å². The minimum atomic E-state index is -5.46. The van der Waals surface area contributed by atoms with E-state index in [9.17, 15) is 26.4 Å². The third-order valence-corrected chi connectivity index (χ3v) is 3.97. The predicted octanol–water partition coefficient (Wildman–Crippen LogP) is 2.24. The van der Waals surface area contributed by atoms with Crippen LogP contribution in [0.15, 0.2) is 18.2 Å². The molecular weight excluding hydrogens is 351 g/mol. The molecule has 1 aromatic carbocycles. The Morgan fingerprint density at radius 3 is 2.50 bits per heavy atom. The zero-order valence-corrected chi connectivity index (χ0v) is 12.6. The number of rotatable bonds is 6. The van der Waals surface area contributed by atoms with Gasteiger partial charge in [-0.1, -0.05) is 11.6 Å². The first kappa shape index (κ1) is 18.5. The number of halogens is 4. The Morgan fingerprint density at radius 1 is 1.45 bits per heavy atom. The van der Waals surface area contributed by atoms with Gasteiger partial charge < -0.3 is 9.84 Å². The summed E-state index contributed by atoms with van der Waals surface area (Å²) in [7, 11) is -5.46. The Morgan fingerprint density at radius 2 is 2.05 bits per heavy atom. The molecule has 2 N–H and O–H groups in total. The number of nitrogens with one attached hydrogen (secondary N) is 1. The van der Waals surface area contributed by atoms with Crippen molar-refractivity contribution < 1.29 is 36.2 Å². The standard InChI is InChI=1S/C11H11ClF3NO5S/c1-6(16-22(19,20)11(13,14)15)5-21-7-2-3-8(10(17)18)9(12)4-7/h2-4,6,16H,5H2,1H3,(H,17,18). The van der Waals surface area contributed by atoms with Crippen molar-refractivity contribution >= 4 is 27.6 Å². The lowest BCUT2D eigenvalue weighted by Gasteiger charge is -2.16. The SMILES string of the molecule is CC(COc1ccc(C(=O)O)c(Cl)c1)NS(=O)(=O)C(F)(F)F. The van der Waals surface area contributed by atoms with Crippen LogP contribution in [0.25, 0.3) is 0 Å². The van der Waals surface area contributed by atoms with Crippen molar-refractivity contribution in [3.63, 3.8) is 0 Å². The lowest BCUT2D eigenvalue weighted by atomic mass is 10.2. The Bertz CT molecular complexity index is 662. The van der Waals surface area contributed by atoms with Crippen molar-refractivity contribution in [2.24, 2.45) is 0 Å². The third-order valence-electron chi connectivity index (χ3n) is 2.33. The molecule has 11 heteroatoms. The molecule has 0 aromatic heterocycles. The molecule has 0 amide bonds. The molecule has 1 unspecified atom stereocenters. The minimum Gasteiger partial charge on any atom is -0.492 e. The second-order valence-electron chi connectivity index (χ2n) is 4.23. The fourth-order valence-corrected chi connectivity index (χ4v) is 2.33. The monoisotopic (exact) mass is 361 g/mol. The lowest BCUT2D eigenvalue weighted by Crippen LogP contribution is -2.43. The molecule has 124 valence electrons. The van der Waals surface area contributed by atoms with Crippen molar-refractivity contribution in [1.82, 2.24) is 4.72 Å². The van der Waals surface area contributed by atoms with Gasteiger partial charge in [0.15, 0.2) is 0 Å². The van der Waals surface area contributed by atoms with Gasteiger partial charge in [-0.25, -0.2) is 17.9 Å². The first-order valence-electron chi connectivity index (χ1n) is 5.68. The third kappa shape index (κ3) is 4.75. The van der Waals surface area contributed by atoms with Crippen LogP contribution in [-0.4, -0.2) is 37.7 Å². The number of carboxylic acid groups (broad SMARTS) is 1. The van der Waals surface area contributed by atoms with Crippen molar-refractivity contribution in [3.8, 4) is 5.75 Å². The summed E-state index contributed by atoms with van der Waals surface area (Å²) in [5.41, 5.74) is -5.58. The summed E-state index contributed by atoms with van der Waals surface area (Å²) in [5.74, 6) is -1.16. The Labute approximate surface area is 128 Å². The number of benzene rings is 1. The lowest BCUT2D eigenvalue weighted by molar-refractivity contribution is -0.0451. The normalized spacial score (nSPS) is 13.7. The van der Waals surface area contributed by atoms with E-state index in [1.54, 1.807) is 0 Å². The van der Waals surface area contributed by atoms with Gasteiger partial charge in [0.1, 0.15) is 12.4 Å². The van der Waals surface area contributed by atoms with Crippen LogP contribution >= 0.6 is 11.6 Å². The Kier molecular flexibility index (Phi) is 5.65. The van der Waals surface area contributed by atoms with Crippen molar-refractivity contribution in [3.05, 3.63) is 28.8 Å². The molecule has 0 fully saturated rings. The maximum absolute atomic E-state index is 12.2. The molecule has 0 heterocycles. The fraction of sp³-hybridized carbons (Fsp3) is 0.364. The quantitative estimate of drug-likeness (QED) is 0.810. The molecule has 1 aromatic rings. The summed E-state index contributed by atoms with van der Waals surface area (Å²) in [5, 5.41) is 8.65. The molecule has 22 heavy (non-hydrogen) atoms. The molecule has 1 rings (SSSR count). The van der Waals surface area contributed by atoms with Gasteiger partial charge in [0.2, 0.25) is 0 Å². The van der Waals surface area contributed by atoms with E-state index in [4.69, 9.17) is 21.4 Å². The highest BCUT2D eigenvalue weighted by Gasteiger charge is 2.46. The zero-order valence-electron chi connectivity index (χ0n) is 11.0. The molecule has 0 bridgehead atoms. The number of sulfonamides is 1. The van der Waals surface area contributed by atoms with Gasteiger partial charge in [-0.3, -0.25) is 0 Å². The molecule has 0 spiro atoms. The van der Waals surface area contributed by atoms with Gasteiger partial charge in [0, 0.05) is 0 Å². The van der Waals surface area contributed by atoms with E-state index in [2.05, 4.69) is 0 Å². The number of alkyl halides is 3. The average Bonchev–Trinajstić information content (AvgIpc) is 2.34. The van der Waals surface area contributed by atoms with Crippen LogP contribution < -0.4 is 9.46 Å². The molecule has 0 saturated carbocycles. The number of carboxylic acids is 1. The highest BCUT2D eigenvalue weighted by Crippen LogP contribution is 2.24. The molecule has 0 aliphatic carbocycles. The van der Waals surface area contributed by atoms with Crippen LogP contribution in [-0.2, 0) is 10.0 Å². The maximum Gasteiger partial charge on any atom is 0.511 e. The molecule has 0 aliphatic rings. The largest absolute Gasteiger partial charge is 0.511 e. The molecule has 6 nitrogen and oxygen atoms in total. The minimum absolute atomic E-state index is 0.0908. The predicted molar refractivity (Wildman–Crippen MR) is 71.5 cm³/mol. The topological polar surface area (TPSA) is 92.7 Å². The van der Waals surface area contributed by atoms with E-state index < -0.39 is 34.1 Å².